The van der Waals surface area contributed by atoms with Crippen LogP contribution in [0.15, 0.2) is 41.0 Å². The lowest BCUT2D eigenvalue weighted by molar-refractivity contribution is -0.123. The smallest absolute Gasteiger partial charge is 0.287 e. The van der Waals surface area contributed by atoms with Crippen molar-refractivity contribution in [2.45, 2.75) is 13.5 Å². The Bertz CT molecular complexity index is 682. The van der Waals surface area contributed by atoms with Crippen LogP contribution < -0.4 is 20.1 Å². The lowest BCUT2D eigenvalue weighted by Crippen LogP contribution is -2.28. The van der Waals surface area contributed by atoms with E-state index >= 15 is 0 Å². The molecule has 1 aromatic carbocycles. The van der Waals surface area contributed by atoms with E-state index in [9.17, 15) is 9.59 Å². The van der Waals surface area contributed by atoms with Crippen LogP contribution in [0.25, 0.3) is 0 Å². The molecule has 0 radical (unpaired) electrons. The molecule has 24 heavy (non-hydrogen) atoms. The third kappa shape index (κ3) is 4.77. The number of likely N-dealkylation sites (N-methyl/N-ethyl adjacent to an activating group) is 1. The molecule has 0 aliphatic heterocycles. The van der Waals surface area contributed by atoms with Gasteiger partial charge in [0.1, 0.15) is 0 Å². The molecule has 1 heterocycles. The number of benzene rings is 1. The molecule has 0 saturated heterocycles. The largest absolute Gasteiger partial charge is 0.493 e. The van der Waals surface area contributed by atoms with E-state index in [0.29, 0.717) is 24.6 Å². The predicted octanol–water partition coefficient (Wildman–Crippen LogP) is 1.73. The number of carbonyl (C=O) groups is 2. The summed E-state index contributed by atoms with van der Waals surface area (Å²) in [5.41, 5.74) is 0.831. The first-order valence-electron chi connectivity index (χ1n) is 7.52. The Labute approximate surface area is 139 Å². The Hall–Kier alpha value is -2.96. The van der Waals surface area contributed by atoms with Crippen molar-refractivity contribution in [3.8, 4) is 11.5 Å². The Morgan fingerprint density at radius 2 is 2.00 bits per heavy atom. The zero-order chi connectivity index (χ0) is 17.4. The maximum atomic E-state index is 11.8. The molecule has 7 heteroatoms. The SMILES string of the molecule is CCNC(=O)COc1ccc(CNC(=O)c2ccco2)cc1OC. The molecule has 0 atom stereocenters. The molecule has 0 unspecified atom stereocenters. The van der Waals surface area contributed by atoms with Crippen molar-refractivity contribution in [2.75, 3.05) is 20.3 Å². The van der Waals surface area contributed by atoms with E-state index in [4.69, 9.17) is 13.9 Å². The Morgan fingerprint density at radius 1 is 1.17 bits per heavy atom. The van der Waals surface area contributed by atoms with E-state index in [-0.39, 0.29) is 24.2 Å². The topological polar surface area (TPSA) is 89.8 Å². The summed E-state index contributed by atoms with van der Waals surface area (Å²) in [6.07, 6.45) is 1.44. The summed E-state index contributed by atoms with van der Waals surface area (Å²) in [6, 6.07) is 8.48. The number of furan rings is 1. The van der Waals surface area contributed by atoms with Crippen molar-refractivity contribution < 1.29 is 23.5 Å². The molecular formula is C17H20N2O5. The fourth-order valence-electron chi connectivity index (χ4n) is 2.01. The highest BCUT2D eigenvalue weighted by atomic mass is 16.5. The summed E-state index contributed by atoms with van der Waals surface area (Å²) in [6.45, 7) is 2.61. The van der Waals surface area contributed by atoms with Crippen LogP contribution in [0.1, 0.15) is 23.0 Å². The highest BCUT2D eigenvalue weighted by molar-refractivity contribution is 5.91. The Balaban J connectivity index is 1.95. The van der Waals surface area contributed by atoms with Gasteiger partial charge in [0.05, 0.1) is 13.4 Å². The number of methoxy groups -OCH3 is 1. The number of hydrogen-bond donors (Lipinski definition) is 2. The molecule has 1 aromatic heterocycles. The van der Waals surface area contributed by atoms with E-state index in [2.05, 4.69) is 10.6 Å². The number of carbonyl (C=O) groups excluding carboxylic acids is 2. The quantitative estimate of drug-likeness (QED) is 0.768. The lowest BCUT2D eigenvalue weighted by Gasteiger charge is -2.12. The average molecular weight is 332 g/mol. The van der Waals surface area contributed by atoms with Crippen LogP contribution in [0.2, 0.25) is 0 Å². The summed E-state index contributed by atoms with van der Waals surface area (Å²) in [5, 5.41) is 5.40. The summed E-state index contributed by atoms with van der Waals surface area (Å²) in [4.78, 5) is 23.3. The summed E-state index contributed by atoms with van der Waals surface area (Å²) < 4.78 is 15.7. The minimum absolute atomic E-state index is 0.0845. The average Bonchev–Trinajstić information content (AvgIpc) is 3.13. The zero-order valence-corrected chi connectivity index (χ0v) is 13.6. The maximum Gasteiger partial charge on any atom is 0.287 e. The molecule has 2 rings (SSSR count). The molecule has 0 aliphatic rings. The van der Waals surface area contributed by atoms with Crippen molar-refractivity contribution >= 4 is 11.8 Å². The Kier molecular flexibility index (Phi) is 6.24. The van der Waals surface area contributed by atoms with Crippen LogP contribution in [0.4, 0.5) is 0 Å². The molecule has 128 valence electrons. The predicted molar refractivity (Wildman–Crippen MR) is 87.1 cm³/mol. The van der Waals surface area contributed by atoms with Gasteiger partial charge in [0.15, 0.2) is 23.9 Å². The van der Waals surface area contributed by atoms with Gasteiger partial charge in [0.2, 0.25) is 0 Å². The van der Waals surface area contributed by atoms with Gasteiger partial charge in [-0.25, -0.2) is 0 Å². The minimum Gasteiger partial charge on any atom is -0.493 e. The maximum absolute atomic E-state index is 11.8. The van der Waals surface area contributed by atoms with Crippen LogP contribution in [0.3, 0.4) is 0 Å². The van der Waals surface area contributed by atoms with E-state index in [0.717, 1.165) is 5.56 Å². The molecular weight excluding hydrogens is 312 g/mol. The van der Waals surface area contributed by atoms with Crippen LogP contribution in [-0.2, 0) is 11.3 Å². The number of hydrogen-bond acceptors (Lipinski definition) is 5. The summed E-state index contributed by atoms with van der Waals surface area (Å²) >= 11 is 0. The van der Waals surface area contributed by atoms with Gasteiger partial charge in [-0.1, -0.05) is 6.07 Å². The zero-order valence-electron chi connectivity index (χ0n) is 13.6. The second kappa shape index (κ2) is 8.61. The molecule has 2 aromatic rings. The summed E-state index contributed by atoms with van der Waals surface area (Å²) in [7, 11) is 1.51. The second-order valence-corrected chi connectivity index (χ2v) is 4.89. The molecule has 7 nitrogen and oxygen atoms in total. The minimum atomic E-state index is -0.296. The molecule has 0 spiro atoms. The first-order chi connectivity index (χ1) is 11.6. The van der Waals surface area contributed by atoms with Gasteiger partial charge in [0.25, 0.3) is 11.8 Å². The first kappa shape index (κ1) is 17.4. The third-order valence-electron chi connectivity index (χ3n) is 3.16. The van der Waals surface area contributed by atoms with Gasteiger partial charge in [-0.2, -0.15) is 0 Å². The van der Waals surface area contributed by atoms with Crippen LogP contribution in [0.5, 0.6) is 11.5 Å². The van der Waals surface area contributed by atoms with Gasteiger partial charge in [0, 0.05) is 13.1 Å². The van der Waals surface area contributed by atoms with Gasteiger partial charge in [-0.05, 0) is 36.8 Å². The van der Waals surface area contributed by atoms with Gasteiger partial charge < -0.3 is 24.5 Å². The highest BCUT2D eigenvalue weighted by Crippen LogP contribution is 2.28. The normalized spacial score (nSPS) is 10.1. The van der Waals surface area contributed by atoms with Gasteiger partial charge >= 0.3 is 0 Å². The molecule has 0 bridgehead atoms. The van der Waals surface area contributed by atoms with E-state index in [1.54, 1.807) is 30.3 Å². The van der Waals surface area contributed by atoms with Crippen molar-refractivity contribution in [2.24, 2.45) is 0 Å². The number of ether oxygens (including phenoxy) is 2. The van der Waals surface area contributed by atoms with Crippen LogP contribution >= 0.6 is 0 Å². The van der Waals surface area contributed by atoms with Crippen LogP contribution in [0, 0.1) is 0 Å². The third-order valence-corrected chi connectivity index (χ3v) is 3.16. The number of rotatable bonds is 8. The van der Waals surface area contributed by atoms with E-state index < -0.39 is 0 Å². The fourth-order valence-corrected chi connectivity index (χ4v) is 2.01. The monoisotopic (exact) mass is 332 g/mol. The molecule has 0 fully saturated rings. The van der Waals surface area contributed by atoms with E-state index in [1.807, 2.05) is 6.92 Å². The highest BCUT2D eigenvalue weighted by Gasteiger charge is 2.11. The molecule has 0 saturated carbocycles. The molecule has 2 N–H and O–H groups in total. The van der Waals surface area contributed by atoms with Crippen molar-refractivity contribution in [3.05, 3.63) is 47.9 Å². The Morgan fingerprint density at radius 3 is 2.67 bits per heavy atom. The van der Waals surface area contributed by atoms with Crippen LogP contribution in [-0.4, -0.2) is 32.1 Å². The first-order valence-corrected chi connectivity index (χ1v) is 7.52. The molecule has 0 aliphatic carbocycles. The summed E-state index contributed by atoms with van der Waals surface area (Å²) in [5.74, 6) is 0.711. The van der Waals surface area contributed by atoms with Crippen molar-refractivity contribution in [3.63, 3.8) is 0 Å². The molecule has 2 amide bonds. The van der Waals surface area contributed by atoms with Crippen molar-refractivity contribution in [1.82, 2.24) is 10.6 Å². The second-order valence-electron chi connectivity index (χ2n) is 4.89. The van der Waals surface area contributed by atoms with E-state index in [1.165, 1.54) is 13.4 Å². The van der Waals surface area contributed by atoms with Crippen molar-refractivity contribution in [1.29, 1.82) is 0 Å². The van der Waals surface area contributed by atoms with Gasteiger partial charge in [-0.15, -0.1) is 0 Å². The number of amides is 2. The van der Waals surface area contributed by atoms with Gasteiger partial charge in [-0.3, -0.25) is 9.59 Å². The standard InChI is InChI=1S/C17H20N2O5/c1-3-18-16(20)11-24-13-7-6-12(9-15(13)22-2)10-19-17(21)14-5-4-8-23-14/h4-9H,3,10-11H2,1-2H3,(H,18,20)(H,19,21). The fraction of sp³-hybridized carbons (Fsp3) is 0.294. The number of nitrogens with one attached hydrogen (secondary N) is 2. The lowest BCUT2D eigenvalue weighted by atomic mass is 10.2.